The number of carbonyl (C=O) groups excluding carboxylic acids is 1. The molecule has 0 saturated heterocycles. The van der Waals surface area contributed by atoms with Gasteiger partial charge in [-0.3, -0.25) is 4.79 Å². The molecule has 2 atom stereocenters. The predicted octanol–water partition coefficient (Wildman–Crippen LogP) is 4.98. The predicted molar refractivity (Wildman–Crippen MR) is 124 cm³/mol. The minimum absolute atomic E-state index is 0.0588. The summed E-state index contributed by atoms with van der Waals surface area (Å²) >= 11 is 6.07. The average molecular weight is 460 g/mol. The highest BCUT2D eigenvalue weighted by Crippen LogP contribution is 2.48. The molecule has 166 valence electrons. The molecule has 1 aromatic carbocycles. The molecule has 0 aliphatic heterocycles. The van der Waals surface area contributed by atoms with E-state index in [-0.39, 0.29) is 24.3 Å². The monoisotopic (exact) mass is 459 g/mol. The van der Waals surface area contributed by atoms with Crippen molar-refractivity contribution in [3.8, 4) is 5.88 Å². The van der Waals surface area contributed by atoms with Gasteiger partial charge >= 0.3 is 0 Å². The number of imidazole rings is 1. The van der Waals surface area contributed by atoms with Gasteiger partial charge < -0.3 is 14.5 Å². The van der Waals surface area contributed by atoms with Crippen molar-refractivity contribution in [1.82, 2.24) is 19.4 Å². The van der Waals surface area contributed by atoms with E-state index in [1.165, 1.54) is 24.7 Å². The lowest BCUT2D eigenvalue weighted by Crippen LogP contribution is -2.15. The Balaban J connectivity index is 1.08. The van der Waals surface area contributed by atoms with Crippen molar-refractivity contribution in [3.05, 3.63) is 83.0 Å². The first-order chi connectivity index (χ1) is 16.1. The number of hydrogen-bond acceptors (Lipinski definition) is 5. The maximum absolute atomic E-state index is 12.7. The highest BCUT2D eigenvalue weighted by atomic mass is 35.5. The maximum Gasteiger partial charge on any atom is 0.229 e. The second kappa shape index (κ2) is 8.15. The van der Waals surface area contributed by atoms with Crippen LogP contribution in [0, 0.1) is 5.92 Å². The molecule has 2 fully saturated rings. The number of halogens is 1. The second-order valence-electron chi connectivity index (χ2n) is 8.76. The number of benzene rings is 1. The molecule has 6 rings (SSSR count). The fourth-order valence-electron chi connectivity index (χ4n) is 4.23. The maximum atomic E-state index is 12.7. The molecule has 2 unspecified atom stereocenters. The third-order valence-electron chi connectivity index (χ3n) is 6.24. The number of ether oxygens (including phenoxy) is 1. The summed E-state index contributed by atoms with van der Waals surface area (Å²) in [7, 11) is 0. The van der Waals surface area contributed by atoms with Crippen molar-refractivity contribution in [3.63, 3.8) is 0 Å². The summed E-state index contributed by atoms with van der Waals surface area (Å²) in [5.74, 6) is 1.56. The van der Waals surface area contributed by atoms with Gasteiger partial charge in [0.15, 0.2) is 0 Å². The number of fused-ring (bicyclic) bond motifs is 1. The van der Waals surface area contributed by atoms with Crippen LogP contribution in [0.5, 0.6) is 5.88 Å². The minimum atomic E-state index is -0.0821. The molecule has 3 aromatic heterocycles. The molecular weight excluding hydrogens is 438 g/mol. The van der Waals surface area contributed by atoms with E-state index in [9.17, 15) is 4.79 Å². The number of amides is 1. The van der Waals surface area contributed by atoms with Crippen LogP contribution in [-0.4, -0.2) is 25.3 Å². The van der Waals surface area contributed by atoms with Crippen molar-refractivity contribution in [2.24, 2.45) is 5.92 Å². The SMILES string of the molecule is O=C(Nc1cc(OCc2cn3cc(C4CC4)ccc3n2)ncn1)C1CC1c1cccc(Cl)c1. The topological polar surface area (TPSA) is 81.4 Å². The standard InChI is InChI=1S/C25H22ClN5O2/c26-18-3-1-2-16(8-18)20-9-21(20)25(32)30-22-10-24(28-14-27-22)33-13-19-12-31-11-17(15-4-5-15)6-7-23(31)29-19/h1-3,6-8,10-12,14-15,20-21H,4-5,9,13H2,(H,27,28,30,32). The Kier molecular flexibility index (Phi) is 4.99. The number of carbonyl (C=O) groups is 1. The molecule has 0 bridgehead atoms. The summed E-state index contributed by atoms with van der Waals surface area (Å²) in [6, 6.07) is 13.5. The van der Waals surface area contributed by atoms with Crippen LogP contribution in [0.4, 0.5) is 5.82 Å². The molecule has 3 heterocycles. The quantitative estimate of drug-likeness (QED) is 0.421. The van der Waals surface area contributed by atoms with Crippen LogP contribution in [0.1, 0.15) is 47.9 Å². The highest BCUT2D eigenvalue weighted by molar-refractivity contribution is 6.30. The van der Waals surface area contributed by atoms with E-state index in [1.54, 1.807) is 6.07 Å². The number of pyridine rings is 1. The first-order valence-corrected chi connectivity index (χ1v) is 11.5. The fourth-order valence-corrected chi connectivity index (χ4v) is 4.43. The zero-order valence-corrected chi connectivity index (χ0v) is 18.6. The Bertz CT molecular complexity index is 1350. The van der Waals surface area contributed by atoms with Crippen LogP contribution >= 0.6 is 11.6 Å². The van der Waals surface area contributed by atoms with Gasteiger partial charge in [0.1, 0.15) is 24.4 Å². The van der Waals surface area contributed by atoms with E-state index < -0.39 is 0 Å². The molecule has 1 N–H and O–H groups in total. The van der Waals surface area contributed by atoms with Gasteiger partial charge in [-0.05, 0) is 60.4 Å². The molecule has 0 spiro atoms. The average Bonchev–Trinajstić information content (AvgIpc) is 3.74. The summed E-state index contributed by atoms with van der Waals surface area (Å²) < 4.78 is 7.87. The van der Waals surface area contributed by atoms with Gasteiger partial charge in [-0.2, -0.15) is 0 Å². The largest absolute Gasteiger partial charge is 0.471 e. The number of anilines is 1. The van der Waals surface area contributed by atoms with Gasteiger partial charge in [0, 0.05) is 29.4 Å². The lowest BCUT2D eigenvalue weighted by Gasteiger charge is -2.07. The Hall–Kier alpha value is -3.45. The van der Waals surface area contributed by atoms with Crippen LogP contribution in [0.3, 0.4) is 0 Å². The van der Waals surface area contributed by atoms with Gasteiger partial charge in [-0.25, -0.2) is 15.0 Å². The third-order valence-corrected chi connectivity index (χ3v) is 6.47. The summed E-state index contributed by atoms with van der Waals surface area (Å²) in [5.41, 5.74) is 4.16. The van der Waals surface area contributed by atoms with Crippen LogP contribution in [0.2, 0.25) is 5.02 Å². The van der Waals surface area contributed by atoms with E-state index in [4.69, 9.17) is 16.3 Å². The van der Waals surface area contributed by atoms with Gasteiger partial charge in [0.05, 0.1) is 5.69 Å². The van der Waals surface area contributed by atoms with Gasteiger partial charge in [-0.1, -0.05) is 29.8 Å². The smallest absolute Gasteiger partial charge is 0.229 e. The van der Waals surface area contributed by atoms with E-state index in [1.807, 2.05) is 40.9 Å². The fraction of sp³-hybridized carbons (Fsp3) is 0.280. The van der Waals surface area contributed by atoms with Crippen molar-refractivity contribution in [1.29, 1.82) is 0 Å². The molecule has 33 heavy (non-hydrogen) atoms. The molecule has 4 aromatic rings. The zero-order valence-electron chi connectivity index (χ0n) is 17.8. The van der Waals surface area contributed by atoms with Gasteiger partial charge in [0.25, 0.3) is 0 Å². The summed E-state index contributed by atoms with van der Waals surface area (Å²) in [6.45, 7) is 0.282. The van der Waals surface area contributed by atoms with E-state index in [2.05, 4.69) is 32.5 Å². The van der Waals surface area contributed by atoms with Crippen molar-refractivity contribution < 1.29 is 9.53 Å². The summed E-state index contributed by atoms with van der Waals surface area (Å²) in [6.07, 6.45) is 8.86. The van der Waals surface area contributed by atoms with Crippen molar-refractivity contribution in [2.45, 2.75) is 37.7 Å². The first kappa shape index (κ1) is 20.2. The molecule has 2 aliphatic rings. The Morgan fingerprint density at radius 1 is 1.12 bits per heavy atom. The Labute approximate surface area is 195 Å². The zero-order chi connectivity index (χ0) is 22.4. The first-order valence-electron chi connectivity index (χ1n) is 11.1. The summed E-state index contributed by atoms with van der Waals surface area (Å²) in [4.78, 5) is 25.6. The van der Waals surface area contributed by atoms with Crippen molar-refractivity contribution >= 4 is 29.0 Å². The molecular formula is C25H22ClN5O2. The molecule has 1 amide bonds. The third kappa shape index (κ3) is 4.41. The molecule has 0 radical (unpaired) electrons. The Morgan fingerprint density at radius 3 is 2.88 bits per heavy atom. The number of hydrogen-bond donors (Lipinski definition) is 1. The van der Waals surface area contributed by atoms with Gasteiger partial charge in [-0.15, -0.1) is 0 Å². The minimum Gasteiger partial charge on any atom is -0.471 e. The summed E-state index contributed by atoms with van der Waals surface area (Å²) in [5, 5.41) is 3.56. The van der Waals surface area contributed by atoms with Crippen LogP contribution < -0.4 is 10.1 Å². The number of aromatic nitrogens is 4. The van der Waals surface area contributed by atoms with Crippen LogP contribution in [-0.2, 0) is 11.4 Å². The molecule has 2 aliphatic carbocycles. The molecule has 8 heteroatoms. The van der Waals surface area contributed by atoms with Crippen LogP contribution in [0.15, 0.2) is 61.2 Å². The number of nitrogens with zero attached hydrogens (tertiary/aromatic N) is 4. The van der Waals surface area contributed by atoms with Crippen LogP contribution in [0.25, 0.3) is 5.65 Å². The highest BCUT2D eigenvalue weighted by Gasteiger charge is 2.44. The molecule has 2 saturated carbocycles. The van der Waals surface area contributed by atoms with Gasteiger partial charge in [0.2, 0.25) is 11.8 Å². The number of rotatable bonds is 7. The van der Waals surface area contributed by atoms with Crippen molar-refractivity contribution in [2.75, 3.05) is 5.32 Å². The van der Waals surface area contributed by atoms with E-state index in [0.717, 1.165) is 23.3 Å². The lowest BCUT2D eigenvalue weighted by molar-refractivity contribution is -0.117. The second-order valence-corrected chi connectivity index (χ2v) is 9.19. The molecule has 7 nitrogen and oxygen atoms in total. The number of nitrogens with one attached hydrogen (secondary N) is 1. The lowest BCUT2D eigenvalue weighted by atomic mass is 10.1. The van der Waals surface area contributed by atoms with E-state index >= 15 is 0 Å². The van der Waals surface area contributed by atoms with E-state index in [0.29, 0.717) is 22.6 Å². The Morgan fingerprint density at radius 2 is 2.03 bits per heavy atom. The normalized spacial score (nSPS) is 19.4.